The van der Waals surface area contributed by atoms with Gasteiger partial charge in [-0.15, -0.1) is 0 Å². The molecule has 1 saturated heterocycles. The first-order valence-electron chi connectivity index (χ1n) is 8.14. The van der Waals surface area contributed by atoms with E-state index in [0.717, 1.165) is 43.9 Å². The van der Waals surface area contributed by atoms with Crippen LogP contribution < -0.4 is 10.2 Å². The molecule has 2 aromatic heterocycles. The van der Waals surface area contributed by atoms with E-state index < -0.39 is 0 Å². The predicted molar refractivity (Wildman–Crippen MR) is 89.1 cm³/mol. The molecule has 0 bridgehead atoms. The van der Waals surface area contributed by atoms with Gasteiger partial charge in [-0.1, -0.05) is 6.07 Å². The summed E-state index contributed by atoms with van der Waals surface area (Å²) < 4.78 is 1.82. The zero-order valence-corrected chi connectivity index (χ0v) is 13.5. The van der Waals surface area contributed by atoms with Gasteiger partial charge in [-0.05, 0) is 37.5 Å². The highest BCUT2D eigenvalue weighted by Gasteiger charge is 2.22. The number of rotatable bonds is 5. The molecule has 1 atom stereocenters. The molecule has 0 unspecified atom stereocenters. The van der Waals surface area contributed by atoms with Crippen molar-refractivity contribution in [3.05, 3.63) is 42.4 Å². The molecule has 1 amide bonds. The number of hydrogen-bond acceptors (Lipinski definition) is 4. The normalized spacial score (nSPS) is 18.0. The fourth-order valence-corrected chi connectivity index (χ4v) is 3.03. The van der Waals surface area contributed by atoms with Gasteiger partial charge < -0.3 is 10.2 Å². The van der Waals surface area contributed by atoms with E-state index in [1.54, 1.807) is 6.20 Å². The van der Waals surface area contributed by atoms with Crippen molar-refractivity contribution in [2.24, 2.45) is 7.05 Å². The summed E-state index contributed by atoms with van der Waals surface area (Å²) in [4.78, 5) is 18.8. The van der Waals surface area contributed by atoms with Gasteiger partial charge in [0.15, 0.2) is 0 Å². The van der Waals surface area contributed by atoms with Crippen LogP contribution in [-0.2, 0) is 18.3 Å². The lowest BCUT2D eigenvalue weighted by atomic mass is 10.1. The SMILES string of the molecule is Cn1nccc1CCC(=O)N[C@@H]1CCCN(c2ccccn2)C1. The maximum Gasteiger partial charge on any atom is 0.220 e. The van der Waals surface area contributed by atoms with Gasteiger partial charge in [0.2, 0.25) is 5.91 Å². The standard InChI is InChI=1S/C17H23N5O/c1-21-15(9-11-19-21)7-8-17(23)20-14-5-4-12-22(13-14)16-6-2-3-10-18-16/h2-3,6,9-11,14H,4-5,7-8,12-13H2,1H3,(H,20,23)/t14-/m1/s1. The maximum absolute atomic E-state index is 12.2. The molecule has 23 heavy (non-hydrogen) atoms. The highest BCUT2D eigenvalue weighted by Crippen LogP contribution is 2.17. The lowest BCUT2D eigenvalue weighted by molar-refractivity contribution is -0.121. The van der Waals surface area contributed by atoms with Crippen molar-refractivity contribution in [3.8, 4) is 0 Å². The molecule has 0 spiro atoms. The van der Waals surface area contributed by atoms with Crippen LogP contribution in [0, 0.1) is 0 Å². The van der Waals surface area contributed by atoms with Gasteiger partial charge in [0, 0.05) is 50.7 Å². The molecule has 2 aromatic rings. The molecule has 3 heterocycles. The van der Waals surface area contributed by atoms with Gasteiger partial charge in [-0.2, -0.15) is 5.10 Å². The summed E-state index contributed by atoms with van der Waals surface area (Å²) in [5, 5.41) is 7.29. The quantitative estimate of drug-likeness (QED) is 0.909. The van der Waals surface area contributed by atoms with Crippen molar-refractivity contribution in [1.82, 2.24) is 20.1 Å². The molecule has 0 saturated carbocycles. The third-order valence-electron chi connectivity index (χ3n) is 4.29. The Kier molecular flexibility index (Phi) is 4.90. The van der Waals surface area contributed by atoms with E-state index in [1.807, 2.05) is 42.2 Å². The van der Waals surface area contributed by atoms with Gasteiger partial charge in [0.25, 0.3) is 0 Å². The van der Waals surface area contributed by atoms with Crippen LogP contribution in [0.5, 0.6) is 0 Å². The number of pyridine rings is 1. The number of piperidine rings is 1. The Morgan fingerprint density at radius 1 is 1.35 bits per heavy atom. The minimum atomic E-state index is 0.110. The largest absolute Gasteiger partial charge is 0.355 e. The van der Waals surface area contributed by atoms with Crippen LogP contribution >= 0.6 is 0 Å². The van der Waals surface area contributed by atoms with Gasteiger partial charge in [0.1, 0.15) is 5.82 Å². The molecule has 0 radical (unpaired) electrons. The van der Waals surface area contributed by atoms with Crippen molar-refractivity contribution in [3.63, 3.8) is 0 Å². The van der Waals surface area contributed by atoms with E-state index in [2.05, 4.69) is 20.3 Å². The summed E-state index contributed by atoms with van der Waals surface area (Å²) in [6.07, 6.45) is 6.90. The zero-order valence-electron chi connectivity index (χ0n) is 13.5. The first kappa shape index (κ1) is 15.5. The summed E-state index contributed by atoms with van der Waals surface area (Å²) in [6.45, 7) is 1.83. The Morgan fingerprint density at radius 3 is 3.00 bits per heavy atom. The number of amides is 1. The van der Waals surface area contributed by atoms with Crippen molar-refractivity contribution in [2.75, 3.05) is 18.0 Å². The minimum Gasteiger partial charge on any atom is -0.355 e. The van der Waals surface area contributed by atoms with Gasteiger partial charge >= 0.3 is 0 Å². The number of aryl methyl sites for hydroxylation is 2. The first-order chi connectivity index (χ1) is 11.2. The van der Waals surface area contributed by atoms with E-state index in [0.29, 0.717) is 6.42 Å². The summed E-state index contributed by atoms with van der Waals surface area (Å²) >= 11 is 0. The molecule has 6 nitrogen and oxygen atoms in total. The predicted octanol–water partition coefficient (Wildman–Crippen LogP) is 1.53. The number of hydrogen-bond donors (Lipinski definition) is 1. The van der Waals surface area contributed by atoms with E-state index in [4.69, 9.17) is 0 Å². The maximum atomic E-state index is 12.2. The topological polar surface area (TPSA) is 63.1 Å². The average Bonchev–Trinajstić information content (AvgIpc) is 2.99. The van der Waals surface area contributed by atoms with E-state index in [1.165, 1.54) is 0 Å². The smallest absolute Gasteiger partial charge is 0.220 e. The second kappa shape index (κ2) is 7.26. The summed E-state index contributed by atoms with van der Waals surface area (Å²) in [5.74, 6) is 1.10. The second-order valence-electron chi connectivity index (χ2n) is 5.99. The number of nitrogens with one attached hydrogen (secondary N) is 1. The first-order valence-corrected chi connectivity index (χ1v) is 8.14. The molecule has 0 aromatic carbocycles. The van der Waals surface area contributed by atoms with Crippen molar-refractivity contribution >= 4 is 11.7 Å². The van der Waals surface area contributed by atoms with E-state index in [9.17, 15) is 4.79 Å². The molecule has 122 valence electrons. The molecule has 0 aliphatic carbocycles. The van der Waals surface area contributed by atoms with Crippen LogP contribution in [-0.4, -0.2) is 39.8 Å². The molecule has 1 N–H and O–H groups in total. The molecule has 3 rings (SSSR count). The highest BCUT2D eigenvalue weighted by atomic mass is 16.1. The average molecular weight is 313 g/mol. The van der Waals surface area contributed by atoms with Crippen LogP contribution in [0.3, 0.4) is 0 Å². The molecular formula is C17H23N5O. The Bertz CT molecular complexity index is 639. The lowest BCUT2D eigenvalue weighted by Gasteiger charge is -2.34. The zero-order chi connectivity index (χ0) is 16.1. The summed E-state index contributed by atoms with van der Waals surface area (Å²) in [6, 6.07) is 8.09. The minimum absolute atomic E-state index is 0.110. The third-order valence-corrected chi connectivity index (χ3v) is 4.29. The van der Waals surface area contributed by atoms with E-state index >= 15 is 0 Å². The van der Waals surface area contributed by atoms with Crippen molar-refractivity contribution in [1.29, 1.82) is 0 Å². The van der Waals surface area contributed by atoms with Crippen LogP contribution in [0.4, 0.5) is 5.82 Å². The second-order valence-corrected chi connectivity index (χ2v) is 5.99. The number of aromatic nitrogens is 3. The number of carbonyl (C=O) groups excluding carboxylic acids is 1. The molecule has 1 fully saturated rings. The van der Waals surface area contributed by atoms with Crippen LogP contribution in [0.15, 0.2) is 36.7 Å². The van der Waals surface area contributed by atoms with E-state index in [-0.39, 0.29) is 11.9 Å². The van der Waals surface area contributed by atoms with Gasteiger partial charge in [0.05, 0.1) is 0 Å². The monoisotopic (exact) mass is 313 g/mol. The van der Waals surface area contributed by atoms with Gasteiger partial charge in [-0.25, -0.2) is 4.98 Å². The van der Waals surface area contributed by atoms with Crippen molar-refractivity contribution in [2.45, 2.75) is 31.7 Å². The Balaban J connectivity index is 1.49. The third kappa shape index (κ3) is 4.09. The summed E-state index contributed by atoms with van der Waals surface area (Å²) in [5.41, 5.74) is 1.08. The Labute approximate surface area is 136 Å². The fourth-order valence-electron chi connectivity index (χ4n) is 3.03. The highest BCUT2D eigenvalue weighted by molar-refractivity contribution is 5.76. The van der Waals surface area contributed by atoms with Crippen LogP contribution in [0.1, 0.15) is 25.0 Å². The number of anilines is 1. The lowest BCUT2D eigenvalue weighted by Crippen LogP contribution is -2.48. The Morgan fingerprint density at radius 2 is 2.26 bits per heavy atom. The molecular weight excluding hydrogens is 290 g/mol. The van der Waals surface area contributed by atoms with Crippen LogP contribution in [0.2, 0.25) is 0 Å². The number of nitrogens with zero attached hydrogens (tertiary/aromatic N) is 4. The molecule has 1 aliphatic rings. The molecule has 1 aliphatic heterocycles. The number of carbonyl (C=O) groups is 1. The van der Waals surface area contributed by atoms with Crippen molar-refractivity contribution < 1.29 is 4.79 Å². The van der Waals surface area contributed by atoms with Crippen LogP contribution in [0.25, 0.3) is 0 Å². The van der Waals surface area contributed by atoms with Gasteiger partial charge in [-0.3, -0.25) is 9.48 Å². The molecule has 6 heteroatoms. The summed E-state index contributed by atoms with van der Waals surface area (Å²) in [7, 11) is 1.90. The Hall–Kier alpha value is -2.37. The fraction of sp³-hybridized carbons (Fsp3) is 0.471.